The molecule has 0 radical (unpaired) electrons. The van der Waals surface area contributed by atoms with Gasteiger partial charge in [0.05, 0.1) is 6.54 Å². The Bertz CT molecular complexity index is 816. The smallest absolute Gasteiger partial charge is 0.251 e. The van der Waals surface area contributed by atoms with Crippen LogP contribution in [0.15, 0.2) is 24.3 Å². The summed E-state index contributed by atoms with van der Waals surface area (Å²) < 4.78 is 0. The number of benzene rings is 1. The lowest BCUT2D eigenvalue weighted by Crippen LogP contribution is -2.56. The number of anilines is 1. The first kappa shape index (κ1) is 24.0. The van der Waals surface area contributed by atoms with Gasteiger partial charge in [-0.25, -0.2) is 0 Å². The Morgan fingerprint density at radius 2 is 1.67 bits per heavy atom. The molecule has 2 amide bonds. The Balaban J connectivity index is 1.22. The summed E-state index contributed by atoms with van der Waals surface area (Å²) in [7, 11) is 0. The summed E-state index contributed by atoms with van der Waals surface area (Å²) in [4.78, 5) is 34.6. The number of carbonyl (C=O) groups excluding carboxylic acids is 2. The van der Waals surface area contributed by atoms with Crippen LogP contribution in [0.5, 0.6) is 0 Å². The molecule has 1 aromatic carbocycles. The molecule has 0 bridgehead atoms. The number of hydrogen-bond donors (Lipinski definition) is 1. The molecule has 7 nitrogen and oxygen atoms in total. The molecule has 7 heteroatoms. The normalized spacial score (nSPS) is 21.1. The van der Waals surface area contributed by atoms with Gasteiger partial charge in [-0.3, -0.25) is 19.4 Å². The lowest BCUT2D eigenvalue weighted by atomic mass is 9.91. The SMILES string of the molecule is CC(C)(C)CNC(=O)c1cccc(N2CCN(CC(=O)N3CCN(C4CCC4)CC3)CC2)c1. The van der Waals surface area contributed by atoms with Gasteiger partial charge in [0.1, 0.15) is 0 Å². The van der Waals surface area contributed by atoms with Gasteiger partial charge in [-0.15, -0.1) is 0 Å². The number of amides is 2. The van der Waals surface area contributed by atoms with Crippen molar-refractivity contribution in [2.24, 2.45) is 5.41 Å². The van der Waals surface area contributed by atoms with Crippen LogP contribution in [0.2, 0.25) is 0 Å². The van der Waals surface area contributed by atoms with E-state index in [0.717, 1.165) is 64.1 Å². The average Bonchev–Trinajstić information content (AvgIpc) is 2.77. The highest BCUT2D eigenvalue weighted by Crippen LogP contribution is 2.25. The minimum Gasteiger partial charge on any atom is -0.369 e. The minimum absolute atomic E-state index is 0.0200. The van der Waals surface area contributed by atoms with Gasteiger partial charge in [-0.1, -0.05) is 33.3 Å². The standard InChI is InChI=1S/C26H41N5O2/c1-26(2,3)20-27-25(33)21-6-4-9-23(18-21)30-12-10-28(11-13-30)19-24(32)31-16-14-29(15-17-31)22-7-5-8-22/h4,6,9,18,22H,5,7-8,10-17,19-20H2,1-3H3,(H,27,33). The highest BCUT2D eigenvalue weighted by molar-refractivity contribution is 5.95. The summed E-state index contributed by atoms with van der Waals surface area (Å²) in [5.74, 6) is 0.252. The van der Waals surface area contributed by atoms with E-state index in [9.17, 15) is 9.59 Å². The first-order valence-electron chi connectivity index (χ1n) is 12.7. The van der Waals surface area contributed by atoms with Crippen molar-refractivity contribution < 1.29 is 9.59 Å². The molecule has 1 saturated carbocycles. The predicted molar refractivity (Wildman–Crippen MR) is 133 cm³/mol. The molecule has 182 valence electrons. The molecule has 4 rings (SSSR count). The first-order chi connectivity index (χ1) is 15.8. The zero-order valence-corrected chi connectivity index (χ0v) is 20.7. The van der Waals surface area contributed by atoms with Crippen LogP contribution in [0.4, 0.5) is 5.69 Å². The summed E-state index contributed by atoms with van der Waals surface area (Å²) in [6.45, 7) is 14.8. The van der Waals surface area contributed by atoms with Crippen molar-refractivity contribution in [1.82, 2.24) is 20.0 Å². The highest BCUT2D eigenvalue weighted by atomic mass is 16.2. The third-order valence-corrected chi connectivity index (χ3v) is 7.24. The third kappa shape index (κ3) is 6.48. The molecule has 1 aromatic rings. The fourth-order valence-corrected chi connectivity index (χ4v) is 4.84. The maximum atomic E-state index is 12.8. The van der Waals surface area contributed by atoms with E-state index in [1.165, 1.54) is 19.3 Å². The molecule has 3 fully saturated rings. The molecule has 3 aliphatic rings. The lowest BCUT2D eigenvalue weighted by Gasteiger charge is -2.43. The lowest BCUT2D eigenvalue weighted by molar-refractivity contribution is -0.134. The maximum Gasteiger partial charge on any atom is 0.251 e. The molecule has 2 aliphatic heterocycles. The van der Waals surface area contributed by atoms with Gasteiger partial charge in [0.25, 0.3) is 5.91 Å². The zero-order chi connectivity index (χ0) is 23.4. The van der Waals surface area contributed by atoms with Crippen molar-refractivity contribution in [3.05, 3.63) is 29.8 Å². The largest absolute Gasteiger partial charge is 0.369 e. The van der Waals surface area contributed by atoms with Crippen LogP contribution in [-0.2, 0) is 4.79 Å². The summed E-state index contributed by atoms with van der Waals surface area (Å²) in [6, 6.07) is 8.67. The first-order valence-corrected chi connectivity index (χ1v) is 12.7. The molecule has 0 atom stereocenters. The Morgan fingerprint density at radius 1 is 0.970 bits per heavy atom. The fourth-order valence-electron chi connectivity index (χ4n) is 4.84. The van der Waals surface area contributed by atoms with Crippen LogP contribution in [0.25, 0.3) is 0 Å². The number of piperazine rings is 2. The molecule has 0 spiro atoms. The third-order valence-electron chi connectivity index (χ3n) is 7.24. The number of nitrogens with zero attached hydrogens (tertiary/aromatic N) is 4. The second-order valence-electron chi connectivity index (χ2n) is 11.1. The van der Waals surface area contributed by atoms with E-state index in [4.69, 9.17) is 0 Å². The molecule has 1 aliphatic carbocycles. The number of nitrogens with one attached hydrogen (secondary N) is 1. The molecule has 0 aromatic heterocycles. The summed E-state index contributed by atoms with van der Waals surface area (Å²) in [5.41, 5.74) is 1.84. The van der Waals surface area contributed by atoms with Crippen LogP contribution in [0, 0.1) is 5.41 Å². The van der Waals surface area contributed by atoms with Crippen LogP contribution in [0.3, 0.4) is 0 Å². The van der Waals surface area contributed by atoms with Crippen molar-refractivity contribution in [3.63, 3.8) is 0 Å². The van der Waals surface area contributed by atoms with Crippen molar-refractivity contribution in [2.75, 3.05) is 70.3 Å². The minimum atomic E-state index is -0.0200. The van der Waals surface area contributed by atoms with E-state index >= 15 is 0 Å². The topological polar surface area (TPSA) is 59.1 Å². The quantitative estimate of drug-likeness (QED) is 0.713. The van der Waals surface area contributed by atoms with Gasteiger partial charge in [-0.2, -0.15) is 0 Å². The van der Waals surface area contributed by atoms with Crippen LogP contribution in [-0.4, -0.2) is 98.0 Å². The van der Waals surface area contributed by atoms with Crippen molar-refractivity contribution in [1.29, 1.82) is 0 Å². The van der Waals surface area contributed by atoms with E-state index in [1.807, 2.05) is 18.2 Å². The van der Waals surface area contributed by atoms with Crippen molar-refractivity contribution in [3.8, 4) is 0 Å². The van der Waals surface area contributed by atoms with Gasteiger partial charge < -0.3 is 15.1 Å². The fraction of sp³-hybridized carbons (Fsp3) is 0.692. The van der Waals surface area contributed by atoms with Crippen LogP contribution < -0.4 is 10.2 Å². The van der Waals surface area contributed by atoms with Crippen molar-refractivity contribution >= 4 is 17.5 Å². The van der Waals surface area contributed by atoms with Gasteiger partial charge >= 0.3 is 0 Å². The van der Waals surface area contributed by atoms with E-state index in [1.54, 1.807) is 0 Å². The number of hydrogen-bond acceptors (Lipinski definition) is 5. The molecular formula is C26H41N5O2. The monoisotopic (exact) mass is 455 g/mol. The Hall–Kier alpha value is -2.12. The summed E-state index contributed by atoms with van der Waals surface area (Å²) >= 11 is 0. The molecular weight excluding hydrogens is 414 g/mol. The molecule has 2 heterocycles. The van der Waals surface area contributed by atoms with E-state index in [-0.39, 0.29) is 17.2 Å². The number of carbonyl (C=O) groups is 2. The average molecular weight is 456 g/mol. The zero-order valence-electron chi connectivity index (χ0n) is 20.7. The van der Waals surface area contributed by atoms with Crippen LogP contribution >= 0.6 is 0 Å². The summed E-state index contributed by atoms with van der Waals surface area (Å²) in [6.07, 6.45) is 4.04. The van der Waals surface area contributed by atoms with Gasteiger partial charge in [0.2, 0.25) is 5.91 Å². The molecule has 2 saturated heterocycles. The Morgan fingerprint density at radius 3 is 2.27 bits per heavy atom. The molecule has 1 N–H and O–H groups in total. The second-order valence-corrected chi connectivity index (χ2v) is 11.1. The predicted octanol–water partition coefficient (Wildman–Crippen LogP) is 2.28. The summed E-state index contributed by atoms with van der Waals surface area (Å²) in [5, 5.41) is 3.03. The second kappa shape index (κ2) is 10.4. The maximum absolute atomic E-state index is 12.8. The Labute approximate surface area is 199 Å². The number of rotatable bonds is 6. The van der Waals surface area contributed by atoms with E-state index < -0.39 is 0 Å². The highest BCUT2D eigenvalue weighted by Gasteiger charge is 2.30. The van der Waals surface area contributed by atoms with Gasteiger partial charge in [0, 0.05) is 76.2 Å². The Kier molecular flexibility index (Phi) is 7.59. The van der Waals surface area contributed by atoms with Crippen LogP contribution in [0.1, 0.15) is 50.4 Å². The van der Waals surface area contributed by atoms with E-state index in [0.29, 0.717) is 18.7 Å². The van der Waals surface area contributed by atoms with E-state index in [2.05, 4.69) is 51.8 Å². The molecule has 0 unspecified atom stereocenters. The van der Waals surface area contributed by atoms with Gasteiger partial charge in [0.15, 0.2) is 0 Å². The molecule has 33 heavy (non-hydrogen) atoms. The van der Waals surface area contributed by atoms with Gasteiger partial charge in [-0.05, 0) is 36.5 Å². The van der Waals surface area contributed by atoms with Crippen molar-refractivity contribution in [2.45, 2.75) is 46.1 Å².